The van der Waals surface area contributed by atoms with Crippen molar-refractivity contribution in [3.05, 3.63) is 11.6 Å². The van der Waals surface area contributed by atoms with Crippen LogP contribution in [0.25, 0.3) is 0 Å². The fourth-order valence-corrected chi connectivity index (χ4v) is 4.28. The van der Waals surface area contributed by atoms with Crippen molar-refractivity contribution in [3.63, 3.8) is 0 Å². The van der Waals surface area contributed by atoms with Gasteiger partial charge in [0.25, 0.3) is 0 Å². The average Bonchev–Trinajstić information content (AvgIpc) is 3.32. The molecular formula is C18H31N5. The molecule has 23 heavy (non-hydrogen) atoms. The van der Waals surface area contributed by atoms with Crippen LogP contribution in [-0.2, 0) is 13.6 Å². The molecule has 0 radical (unpaired) electrons. The van der Waals surface area contributed by atoms with Gasteiger partial charge in [0.2, 0.25) is 0 Å². The first kappa shape index (κ1) is 15.6. The van der Waals surface area contributed by atoms with Crippen molar-refractivity contribution >= 4 is 0 Å². The van der Waals surface area contributed by atoms with Crippen molar-refractivity contribution < 1.29 is 0 Å². The molecule has 3 fully saturated rings. The van der Waals surface area contributed by atoms with E-state index < -0.39 is 0 Å². The number of likely N-dealkylation sites (tertiary alicyclic amines) is 2. The molecule has 2 saturated heterocycles. The van der Waals surface area contributed by atoms with Crippen LogP contribution in [0.2, 0.25) is 0 Å². The second-order valence-electron chi connectivity index (χ2n) is 7.91. The lowest BCUT2D eigenvalue weighted by Gasteiger charge is -2.32. The van der Waals surface area contributed by atoms with Crippen LogP contribution in [0, 0.1) is 5.92 Å². The summed E-state index contributed by atoms with van der Waals surface area (Å²) in [4.78, 5) is 5.21. The molecule has 0 unspecified atom stereocenters. The van der Waals surface area contributed by atoms with E-state index in [2.05, 4.69) is 31.6 Å². The van der Waals surface area contributed by atoms with E-state index in [0.29, 0.717) is 5.92 Å². The molecule has 1 aliphatic carbocycles. The minimum absolute atomic E-state index is 0.579. The third-order valence-electron chi connectivity index (χ3n) is 5.90. The van der Waals surface area contributed by atoms with E-state index in [-0.39, 0.29) is 0 Å². The standard InChI is InChI=1S/C18H31N5/c1-21-17(14-22-9-3-2-4-10-22)19-20-18(21)16-6-5-11-23(13-16)12-15-7-8-15/h15-16H,2-14H2,1H3/t16-/m1/s1. The Hall–Kier alpha value is -0.940. The van der Waals surface area contributed by atoms with Gasteiger partial charge in [-0.1, -0.05) is 6.42 Å². The van der Waals surface area contributed by atoms with Gasteiger partial charge >= 0.3 is 0 Å². The number of hydrogen-bond acceptors (Lipinski definition) is 4. The molecule has 1 aromatic rings. The number of hydrogen-bond donors (Lipinski definition) is 0. The summed E-state index contributed by atoms with van der Waals surface area (Å²) >= 11 is 0. The summed E-state index contributed by atoms with van der Waals surface area (Å²) in [6, 6.07) is 0. The lowest BCUT2D eigenvalue weighted by molar-refractivity contribution is 0.194. The van der Waals surface area contributed by atoms with Crippen LogP contribution >= 0.6 is 0 Å². The number of nitrogens with zero attached hydrogens (tertiary/aromatic N) is 5. The molecule has 1 atom stereocenters. The zero-order valence-corrected chi connectivity index (χ0v) is 14.6. The Bertz CT molecular complexity index is 515. The smallest absolute Gasteiger partial charge is 0.146 e. The van der Waals surface area contributed by atoms with Crippen LogP contribution in [0.3, 0.4) is 0 Å². The van der Waals surface area contributed by atoms with E-state index in [1.54, 1.807) is 0 Å². The Morgan fingerprint density at radius 2 is 1.70 bits per heavy atom. The monoisotopic (exact) mass is 317 g/mol. The SMILES string of the molecule is Cn1c(CN2CCCCC2)nnc1[C@@H]1CCCN(CC2CC2)C1. The van der Waals surface area contributed by atoms with Gasteiger partial charge in [0, 0.05) is 26.1 Å². The number of piperidine rings is 2. The minimum Gasteiger partial charge on any atom is -0.317 e. The fourth-order valence-electron chi connectivity index (χ4n) is 4.28. The quantitative estimate of drug-likeness (QED) is 0.836. The molecule has 0 spiro atoms. The van der Waals surface area contributed by atoms with Crippen LogP contribution in [0.4, 0.5) is 0 Å². The highest BCUT2D eigenvalue weighted by Gasteiger charge is 2.30. The Labute approximate surface area is 140 Å². The summed E-state index contributed by atoms with van der Waals surface area (Å²) in [5.41, 5.74) is 0. The molecule has 0 amide bonds. The Balaban J connectivity index is 1.39. The molecule has 3 aliphatic rings. The van der Waals surface area contributed by atoms with E-state index in [9.17, 15) is 0 Å². The molecule has 2 aliphatic heterocycles. The van der Waals surface area contributed by atoms with E-state index in [1.807, 2.05) is 0 Å². The Kier molecular flexibility index (Phi) is 4.67. The highest BCUT2D eigenvalue weighted by atomic mass is 15.3. The zero-order valence-electron chi connectivity index (χ0n) is 14.6. The molecular weight excluding hydrogens is 286 g/mol. The lowest BCUT2D eigenvalue weighted by atomic mass is 9.97. The molecule has 3 heterocycles. The van der Waals surface area contributed by atoms with Crippen LogP contribution < -0.4 is 0 Å². The fraction of sp³-hybridized carbons (Fsp3) is 0.889. The van der Waals surface area contributed by atoms with Gasteiger partial charge in [-0.3, -0.25) is 4.90 Å². The van der Waals surface area contributed by atoms with Crippen molar-refractivity contribution in [1.82, 2.24) is 24.6 Å². The van der Waals surface area contributed by atoms with Crippen LogP contribution in [0.5, 0.6) is 0 Å². The van der Waals surface area contributed by atoms with Gasteiger partial charge in [0.05, 0.1) is 6.54 Å². The largest absolute Gasteiger partial charge is 0.317 e. The molecule has 1 saturated carbocycles. The van der Waals surface area contributed by atoms with Crippen molar-refractivity contribution in [3.8, 4) is 0 Å². The van der Waals surface area contributed by atoms with E-state index in [4.69, 9.17) is 0 Å². The second-order valence-corrected chi connectivity index (χ2v) is 7.91. The summed E-state index contributed by atoms with van der Waals surface area (Å²) in [6.07, 6.45) is 9.55. The summed E-state index contributed by atoms with van der Waals surface area (Å²) in [5.74, 6) is 3.94. The molecule has 5 heteroatoms. The first-order valence-electron chi connectivity index (χ1n) is 9.62. The van der Waals surface area contributed by atoms with E-state index in [1.165, 1.54) is 83.5 Å². The first-order valence-corrected chi connectivity index (χ1v) is 9.62. The highest BCUT2D eigenvalue weighted by Crippen LogP contribution is 2.33. The molecule has 0 N–H and O–H groups in total. The average molecular weight is 317 g/mol. The number of aromatic nitrogens is 3. The van der Waals surface area contributed by atoms with Crippen LogP contribution in [0.15, 0.2) is 0 Å². The Morgan fingerprint density at radius 1 is 0.913 bits per heavy atom. The van der Waals surface area contributed by atoms with Crippen LogP contribution in [-0.4, -0.2) is 57.3 Å². The van der Waals surface area contributed by atoms with Crippen molar-refractivity contribution in [2.45, 2.75) is 57.4 Å². The Morgan fingerprint density at radius 3 is 2.48 bits per heavy atom. The van der Waals surface area contributed by atoms with Gasteiger partial charge in [-0.15, -0.1) is 10.2 Å². The zero-order chi connectivity index (χ0) is 15.6. The van der Waals surface area contributed by atoms with Gasteiger partial charge < -0.3 is 9.47 Å². The normalized spacial score (nSPS) is 27.4. The maximum Gasteiger partial charge on any atom is 0.146 e. The van der Waals surface area contributed by atoms with Gasteiger partial charge in [0.1, 0.15) is 11.6 Å². The van der Waals surface area contributed by atoms with Crippen LogP contribution in [0.1, 0.15) is 62.5 Å². The molecule has 5 nitrogen and oxygen atoms in total. The van der Waals surface area contributed by atoms with Crippen molar-refractivity contribution in [2.24, 2.45) is 13.0 Å². The molecule has 1 aromatic heterocycles. The molecule has 0 aromatic carbocycles. The molecule has 0 bridgehead atoms. The molecule has 128 valence electrons. The summed E-state index contributed by atoms with van der Waals surface area (Å²) in [7, 11) is 2.18. The van der Waals surface area contributed by atoms with E-state index in [0.717, 1.165) is 18.3 Å². The van der Waals surface area contributed by atoms with Gasteiger partial charge in [-0.25, -0.2) is 0 Å². The first-order chi connectivity index (χ1) is 11.3. The predicted octanol–water partition coefficient (Wildman–Crippen LogP) is 2.39. The second kappa shape index (κ2) is 6.89. The third-order valence-corrected chi connectivity index (χ3v) is 5.90. The lowest BCUT2D eigenvalue weighted by Crippen LogP contribution is -2.36. The minimum atomic E-state index is 0.579. The summed E-state index contributed by atoms with van der Waals surface area (Å²) in [6.45, 7) is 7.20. The van der Waals surface area contributed by atoms with Crippen molar-refractivity contribution in [2.75, 3.05) is 32.7 Å². The maximum atomic E-state index is 4.59. The summed E-state index contributed by atoms with van der Waals surface area (Å²) in [5, 5.41) is 9.13. The van der Waals surface area contributed by atoms with Gasteiger partial charge in [0.15, 0.2) is 0 Å². The predicted molar refractivity (Wildman–Crippen MR) is 91.3 cm³/mol. The molecule has 4 rings (SSSR count). The van der Waals surface area contributed by atoms with E-state index >= 15 is 0 Å². The topological polar surface area (TPSA) is 37.2 Å². The van der Waals surface area contributed by atoms with Gasteiger partial charge in [-0.05, 0) is 64.1 Å². The highest BCUT2D eigenvalue weighted by molar-refractivity contribution is 5.04. The number of rotatable bonds is 5. The maximum absolute atomic E-state index is 4.59. The third kappa shape index (κ3) is 3.77. The van der Waals surface area contributed by atoms with Crippen molar-refractivity contribution in [1.29, 1.82) is 0 Å². The van der Waals surface area contributed by atoms with Gasteiger partial charge in [-0.2, -0.15) is 0 Å². The summed E-state index contributed by atoms with van der Waals surface area (Å²) < 4.78 is 2.29.